The van der Waals surface area contributed by atoms with Crippen LogP contribution in [0.4, 0.5) is 0 Å². The smallest absolute Gasteiger partial charge is 0.119 e. The van der Waals surface area contributed by atoms with Crippen LogP contribution in [0.3, 0.4) is 0 Å². The van der Waals surface area contributed by atoms with Gasteiger partial charge in [-0.2, -0.15) is 0 Å². The van der Waals surface area contributed by atoms with Crippen molar-refractivity contribution in [2.24, 2.45) is 0 Å². The summed E-state index contributed by atoms with van der Waals surface area (Å²) in [6, 6.07) is 8.39. The topological polar surface area (TPSA) is 39.8 Å². The number of nitrogens with one attached hydrogen (secondary N) is 2. The van der Waals surface area contributed by atoms with Crippen LogP contribution in [0.1, 0.15) is 25.8 Å². The molecular weight excluding hydrogens is 288 g/mol. The third-order valence-corrected chi connectivity index (χ3v) is 4.04. The molecule has 5 nitrogen and oxygen atoms in total. The Labute approximate surface area is 142 Å². The number of benzene rings is 1. The van der Waals surface area contributed by atoms with E-state index in [1.54, 1.807) is 0 Å². The van der Waals surface area contributed by atoms with E-state index in [9.17, 15) is 0 Å². The first kappa shape index (κ1) is 19.9. The maximum Gasteiger partial charge on any atom is 0.119 e. The van der Waals surface area contributed by atoms with Crippen LogP contribution in [0.25, 0.3) is 0 Å². The molecule has 5 heteroatoms. The Morgan fingerprint density at radius 3 is 2.35 bits per heavy atom. The predicted octanol–water partition coefficient (Wildman–Crippen LogP) is 1.95. The minimum absolute atomic E-state index is 0.782. The Morgan fingerprint density at radius 2 is 1.74 bits per heavy atom. The molecule has 0 fully saturated rings. The molecule has 0 saturated heterocycles. The molecule has 0 aliphatic heterocycles. The second-order valence-electron chi connectivity index (χ2n) is 5.69. The first-order valence-electron chi connectivity index (χ1n) is 8.72. The number of nitrogens with zero attached hydrogens (tertiary/aromatic N) is 2. The number of hydrogen-bond acceptors (Lipinski definition) is 5. The van der Waals surface area contributed by atoms with E-state index in [2.05, 4.69) is 58.8 Å². The summed E-state index contributed by atoms with van der Waals surface area (Å²) in [6.07, 6.45) is 1.07. The van der Waals surface area contributed by atoms with E-state index in [0.717, 1.165) is 58.0 Å². The maximum absolute atomic E-state index is 5.81. The monoisotopic (exact) mass is 322 g/mol. The summed E-state index contributed by atoms with van der Waals surface area (Å²) in [5.41, 5.74) is 4.37. The molecule has 0 unspecified atom stereocenters. The zero-order chi connectivity index (χ0) is 16.9. The maximum atomic E-state index is 5.81. The van der Waals surface area contributed by atoms with E-state index >= 15 is 0 Å². The van der Waals surface area contributed by atoms with Crippen LogP contribution in [0.2, 0.25) is 0 Å². The molecule has 0 bridgehead atoms. The molecule has 0 heterocycles. The second-order valence-corrected chi connectivity index (χ2v) is 5.69. The van der Waals surface area contributed by atoms with Crippen molar-refractivity contribution in [3.8, 4) is 5.75 Å². The normalized spacial score (nSPS) is 11.4. The lowest BCUT2D eigenvalue weighted by molar-refractivity contribution is 0.249. The van der Waals surface area contributed by atoms with Gasteiger partial charge < -0.3 is 15.0 Å². The molecule has 132 valence electrons. The summed E-state index contributed by atoms with van der Waals surface area (Å²) in [7, 11) is 3.97. The number of hydrogen-bond donors (Lipinski definition) is 2. The van der Waals surface area contributed by atoms with Crippen LogP contribution >= 0.6 is 0 Å². The van der Waals surface area contributed by atoms with Gasteiger partial charge in [-0.25, -0.2) is 5.01 Å². The SMILES string of the molecule is CCN(CC)CCCOc1ccc(CNCCN(C)NC)cc1. The minimum Gasteiger partial charge on any atom is -0.494 e. The number of likely N-dealkylation sites (N-methyl/N-ethyl adjacent to an activating group) is 1. The standard InChI is InChI=1S/C18H34N4O/c1-5-22(6-2)13-7-15-23-18-10-8-17(9-11-18)16-20-12-14-21(4)19-3/h8-11,19-20H,5-7,12-16H2,1-4H3. The van der Waals surface area contributed by atoms with Crippen LogP contribution in [0.5, 0.6) is 5.75 Å². The molecule has 1 aromatic rings. The van der Waals surface area contributed by atoms with E-state index in [1.807, 2.05) is 14.1 Å². The van der Waals surface area contributed by atoms with E-state index in [4.69, 9.17) is 4.74 Å². The van der Waals surface area contributed by atoms with Gasteiger partial charge in [0.1, 0.15) is 5.75 Å². The fourth-order valence-electron chi connectivity index (χ4n) is 2.31. The Balaban J connectivity index is 2.18. The van der Waals surface area contributed by atoms with Crippen molar-refractivity contribution in [3.63, 3.8) is 0 Å². The molecule has 0 radical (unpaired) electrons. The van der Waals surface area contributed by atoms with Gasteiger partial charge in [-0.15, -0.1) is 0 Å². The fourth-order valence-corrected chi connectivity index (χ4v) is 2.31. The van der Waals surface area contributed by atoms with Crippen molar-refractivity contribution >= 4 is 0 Å². The molecule has 0 spiro atoms. The molecular formula is C18H34N4O. The van der Waals surface area contributed by atoms with Gasteiger partial charge >= 0.3 is 0 Å². The molecule has 0 atom stereocenters. The van der Waals surface area contributed by atoms with E-state index in [0.29, 0.717) is 0 Å². The lowest BCUT2D eigenvalue weighted by Crippen LogP contribution is -2.36. The lowest BCUT2D eigenvalue weighted by Gasteiger charge is -2.17. The van der Waals surface area contributed by atoms with Gasteiger partial charge in [-0.3, -0.25) is 5.43 Å². The van der Waals surface area contributed by atoms with Gasteiger partial charge in [0.2, 0.25) is 0 Å². The van der Waals surface area contributed by atoms with Crippen LogP contribution in [-0.2, 0) is 6.54 Å². The summed E-state index contributed by atoms with van der Waals surface area (Å²) in [5.74, 6) is 0.961. The lowest BCUT2D eigenvalue weighted by atomic mass is 10.2. The van der Waals surface area contributed by atoms with Crippen molar-refractivity contribution in [2.75, 3.05) is 53.4 Å². The fraction of sp³-hybridized carbons (Fsp3) is 0.667. The molecule has 2 N–H and O–H groups in total. The minimum atomic E-state index is 0.782. The molecule has 0 aromatic heterocycles. The molecule has 0 amide bonds. The van der Waals surface area contributed by atoms with Crippen molar-refractivity contribution in [1.82, 2.24) is 20.7 Å². The summed E-state index contributed by atoms with van der Waals surface area (Å²) in [5, 5.41) is 5.49. The van der Waals surface area contributed by atoms with Gasteiger partial charge in [-0.05, 0) is 44.3 Å². The van der Waals surface area contributed by atoms with Gasteiger partial charge in [0, 0.05) is 33.2 Å². The van der Waals surface area contributed by atoms with Crippen LogP contribution in [0.15, 0.2) is 24.3 Å². The van der Waals surface area contributed by atoms with Gasteiger partial charge in [0.05, 0.1) is 6.61 Å². The van der Waals surface area contributed by atoms with Crippen molar-refractivity contribution in [3.05, 3.63) is 29.8 Å². The first-order valence-corrected chi connectivity index (χ1v) is 8.72. The Hall–Kier alpha value is -1.14. The predicted molar refractivity (Wildman–Crippen MR) is 97.7 cm³/mol. The number of rotatable bonds is 13. The van der Waals surface area contributed by atoms with E-state index in [1.165, 1.54) is 5.56 Å². The average Bonchev–Trinajstić information content (AvgIpc) is 2.59. The molecule has 0 saturated carbocycles. The zero-order valence-electron chi connectivity index (χ0n) is 15.3. The molecule has 0 aliphatic carbocycles. The van der Waals surface area contributed by atoms with Crippen molar-refractivity contribution in [1.29, 1.82) is 0 Å². The highest BCUT2D eigenvalue weighted by Gasteiger charge is 2.00. The molecule has 0 aliphatic rings. The Bertz CT molecular complexity index is 393. The van der Waals surface area contributed by atoms with Gasteiger partial charge in [-0.1, -0.05) is 26.0 Å². The highest BCUT2D eigenvalue weighted by molar-refractivity contribution is 5.27. The molecule has 1 rings (SSSR count). The second kappa shape index (κ2) is 12.3. The summed E-state index contributed by atoms with van der Waals surface area (Å²) in [4.78, 5) is 2.42. The van der Waals surface area contributed by atoms with Crippen LogP contribution in [0, 0.1) is 0 Å². The quantitative estimate of drug-likeness (QED) is 0.429. The highest BCUT2D eigenvalue weighted by atomic mass is 16.5. The summed E-state index contributed by atoms with van der Waals surface area (Å²) < 4.78 is 5.81. The number of ether oxygens (including phenoxy) is 1. The van der Waals surface area contributed by atoms with E-state index in [-0.39, 0.29) is 0 Å². The Morgan fingerprint density at radius 1 is 1.04 bits per heavy atom. The van der Waals surface area contributed by atoms with E-state index < -0.39 is 0 Å². The van der Waals surface area contributed by atoms with Crippen molar-refractivity contribution in [2.45, 2.75) is 26.8 Å². The largest absolute Gasteiger partial charge is 0.494 e. The summed E-state index contributed by atoms with van der Waals surface area (Å²) in [6.45, 7) is 11.3. The van der Waals surface area contributed by atoms with Crippen molar-refractivity contribution < 1.29 is 4.74 Å². The third kappa shape index (κ3) is 8.91. The number of hydrazine groups is 1. The molecule has 1 aromatic carbocycles. The Kier molecular flexibility index (Phi) is 10.6. The highest BCUT2D eigenvalue weighted by Crippen LogP contribution is 2.12. The first-order chi connectivity index (χ1) is 11.2. The third-order valence-electron chi connectivity index (χ3n) is 4.04. The molecule has 23 heavy (non-hydrogen) atoms. The van der Waals surface area contributed by atoms with Gasteiger partial charge in [0.25, 0.3) is 0 Å². The van der Waals surface area contributed by atoms with Crippen LogP contribution in [-0.4, -0.2) is 63.3 Å². The van der Waals surface area contributed by atoms with Crippen LogP contribution < -0.4 is 15.5 Å². The average molecular weight is 322 g/mol. The van der Waals surface area contributed by atoms with Gasteiger partial charge in [0.15, 0.2) is 0 Å². The zero-order valence-corrected chi connectivity index (χ0v) is 15.3. The summed E-state index contributed by atoms with van der Waals surface area (Å²) >= 11 is 0.